The molecule has 1 amide bonds. The van der Waals surface area contributed by atoms with Gasteiger partial charge in [-0.05, 0) is 68.8 Å². The predicted molar refractivity (Wildman–Crippen MR) is 143 cm³/mol. The molecule has 4 rings (SSSR count). The van der Waals surface area contributed by atoms with Crippen LogP contribution in [0.3, 0.4) is 0 Å². The number of aromatic nitrogens is 3. The Morgan fingerprint density at radius 1 is 1.11 bits per heavy atom. The van der Waals surface area contributed by atoms with Gasteiger partial charge < -0.3 is 21.1 Å². The number of benzene rings is 1. The Morgan fingerprint density at radius 3 is 2.76 bits per heavy atom. The molecule has 0 saturated heterocycles. The number of carbonyl (C=O) groups excluding carboxylic acids is 1. The Morgan fingerprint density at radius 2 is 1.95 bits per heavy atom. The Balaban J connectivity index is 1.29. The van der Waals surface area contributed by atoms with Crippen LogP contribution < -0.4 is 16.0 Å². The zero-order chi connectivity index (χ0) is 26.0. The Labute approximate surface area is 216 Å². The van der Waals surface area contributed by atoms with Gasteiger partial charge in [-0.25, -0.2) is 14.8 Å². The largest absolute Gasteiger partial charge is 0.480 e. The number of anilines is 2. The predicted octanol–water partition coefficient (Wildman–Crippen LogP) is 3.06. The van der Waals surface area contributed by atoms with Crippen molar-refractivity contribution >= 4 is 34.5 Å². The number of para-hydroxylation sites is 2. The van der Waals surface area contributed by atoms with Gasteiger partial charge in [0.1, 0.15) is 17.7 Å². The quantitative estimate of drug-likeness (QED) is 0.204. The molecule has 196 valence electrons. The normalized spacial score (nSPS) is 13.6. The van der Waals surface area contributed by atoms with Gasteiger partial charge in [0.2, 0.25) is 5.91 Å². The number of aryl methyl sites for hydroxylation is 2. The van der Waals surface area contributed by atoms with Gasteiger partial charge in [-0.15, -0.1) is 0 Å². The molecule has 0 bridgehead atoms. The Bertz CT molecular complexity index is 1220. The zero-order valence-corrected chi connectivity index (χ0v) is 21.2. The molecule has 1 atom stereocenters. The molecule has 0 fully saturated rings. The van der Waals surface area contributed by atoms with E-state index in [-0.39, 0.29) is 5.91 Å². The first-order valence-corrected chi connectivity index (χ1v) is 12.9. The number of nitrogens with zero attached hydrogens (tertiary/aromatic N) is 4. The van der Waals surface area contributed by atoms with Gasteiger partial charge >= 0.3 is 5.97 Å². The summed E-state index contributed by atoms with van der Waals surface area (Å²) in [5.41, 5.74) is 3.82. The van der Waals surface area contributed by atoms with Gasteiger partial charge in [0, 0.05) is 25.7 Å². The van der Waals surface area contributed by atoms with E-state index in [2.05, 4.69) is 43.0 Å². The third-order valence-electron chi connectivity index (χ3n) is 6.46. The molecule has 10 nitrogen and oxygen atoms in total. The third kappa shape index (κ3) is 7.85. The minimum absolute atomic E-state index is 0.116. The van der Waals surface area contributed by atoms with Crippen molar-refractivity contribution in [2.75, 3.05) is 36.9 Å². The van der Waals surface area contributed by atoms with Gasteiger partial charge in [-0.2, -0.15) is 0 Å². The monoisotopic (exact) mass is 505 g/mol. The zero-order valence-electron chi connectivity index (χ0n) is 21.2. The lowest BCUT2D eigenvalue weighted by Crippen LogP contribution is -2.41. The van der Waals surface area contributed by atoms with E-state index in [0.717, 1.165) is 62.2 Å². The molecule has 3 aromatic rings. The fourth-order valence-corrected chi connectivity index (χ4v) is 4.42. The van der Waals surface area contributed by atoms with Crippen LogP contribution in [-0.2, 0) is 22.4 Å². The van der Waals surface area contributed by atoms with Crippen molar-refractivity contribution in [3.05, 3.63) is 53.9 Å². The van der Waals surface area contributed by atoms with Crippen molar-refractivity contribution in [2.45, 2.75) is 51.5 Å². The summed E-state index contributed by atoms with van der Waals surface area (Å²) in [5.74, 6) is 0.363. The molecule has 1 aliphatic rings. The van der Waals surface area contributed by atoms with Gasteiger partial charge in [0.15, 0.2) is 0 Å². The van der Waals surface area contributed by atoms with E-state index in [4.69, 9.17) is 4.98 Å². The van der Waals surface area contributed by atoms with Gasteiger partial charge in [-0.3, -0.25) is 14.7 Å². The lowest BCUT2D eigenvalue weighted by Gasteiger charge is -2.24. The second-order valence-electron chi connectivity index (χ2n) is 9.37. The average molecular weight is 506 g/mol. The van der Waals surface area contributed by atoms with Crippen LogP contribution in [0.2, 0.25) is 0 Å². The highest BCUT2D eigenvalue weighted by atomic mass is 16.4. The van der Waals surface area contributed by atoms with Crippen LogP contribution in [0.4, 0.5) is 11.6 Å². The molecule has 0 saturated carbocycles. The smallest absolute Gasteiger partial charge is 0.326 e. The number of nitrogens with one attached hydrogen (secondary N) is 3. The SMILES string of the molecule is CC(=O)NCN(CCCCc1ccc2c(n1)NCCC2)CCC(Nc1cnc2ccccc2n1)C(=O)O. The fourth-order valence-electron chi connectivity index (χ4n) is 4.42. The number of carboxylic acid groups (broad SMARTS) is 1. The second kappa shape index (κ2) is 13.0. The maximum absolute atomic E-state index is 12.0. The third-order valence-corrected chi connectivity index (χ3v) is 6.46. The van der Waals surface area contributed by atoms with Crippen LogP contribution >= 0.6 is 0 Å². The minimum atomic E-state index is -0.957. The van der Waals surface area contributed by atoms with E-state index in [9.17, 15) is 14.7 Å². The van der Waals surface area contributed by atoms with Crippen LogP contribution in [0.15, 0.2) is 42.6 Å². The van der Waals surface area contributed by atoms with Crippen molar-refractivity contribution in [3.8, 4) is 0 Å². The molecule has 0 aliphatic carbocycles. The molecule has 0 radical (unpaired) electrons. The summed E-state index contributed by atoms with van der Waals surface area (Å²) < 4.78 is 0. The first-order valence-electron chi connectivity index (χ1n) is 12.9. The summed E-state index contributed by atoms with van der Waals surface area (Å²) in [6, 6.07) is 10.9. The van der Waals surface area contributed by atoms with Crippen molar-refractivity contribution in [1.82, 2.24) is 25.2 Å². The highest BCUT2D eigenvalue weighted by molar-refractivity contribution is 5.79. The Hall–Kier alpha value is -3.79. The van der Waals surface area contributed by atoms with Crippen LogP contribution in [0.25, 0.3) is 11.0 Å². The van der Waals surface area contributed by atoms with E-state index in [0.29, 0.717) is 31.0 Å². The Kier molecular flexibility index (Phi) is 9.20. The van der Waals surface area contributed by atoms with E-state index in [1.165, 1.54) is 12.5 Å². The summed E-state index contributed by atoms with van der Waals surface area (Å²) in [6.07, 6.45) is 6.87. The lowest BCUT2D eigenvalue weighted by molar-refractivity contribution is -0.138. The molecule has 37 heavy (non-hydrogen) atoms. The number of pyridine rings is 1. The molecule has 0 spiro atoms. The number of carbonyl (C=O) groups is 2. The number of hydrogen-bond donors (Lipinski definition) is 4. The summed E-state index contributed by atoms with van der Waals surface area (Å²) in [5, 5.41) is 19.0. The van der Waals surface area contributed by atoms with Crippen LogP contribution in [0.1, 0.15) is 43.9 Å². The van der Waals surface area contributed by atoms with E-state index in [1.807, 2.05) is 24.3 Å². The molecule has 1 unspecified atom stereocenters. The molecule has 1 aromatic carbocycles. The fraction of sp³-hybridized carbons (Fsp3) is 0.444. The summed E-state index contributed by atoms with van der Waals surface area (Å²) >= 11 is 0. The lowest BCUT2D eigenvalue weighted by atomic mass is 10.1. The maximum Gasteiger partial charge on any atom is 0.326 e. The van der Waals surface area contributed by atoms with Crippen molar-refractivity contribution in [3.63, 3.8) is 0 Å². The number of amides is 1. The van der Waals surface area contributed by atoms with Crippen LogP contribution in [0.5, 0.6) is 0 Å². The molecule has 10 heteroatoms. The highest BCUT2D eigenvalue weighted by Gasteiger charge is 2.20. The van der Waals surface area contributed by atoms with Crippen molar-refractivity contribution in [1.29, 1.82) is 0 Å². The van der Waals surface area contributed by atoms with Crippen molar-refractivity contribution in [2.24, 2.45) is 0 Å². The molecule has 2 aromatic heterocycles. The number of fused-ring (bicyclic) bond motifs is 2. The van der Waals surface area contributed by atoms with E-state index in [1.54, 1.807) is 6.20 Å². The molecular formula is C27H35N7O3. The minimum Gasteiger partial charge on any atom is -0.480 e. The molecule has 4 N–H and O–H groups in total. The van der Waals surface area contributed by atoms with E-state index < -0.39 is 12.0 Å². The summed E-state index contributed by atoms with van der Waals surface area (Å²) in [4.78, 5) is 39.1. The average Bonchev–Trinajstić information content (AvgIpc) is 2.90. The summed E-state index contributed by atoms with van der Waals surface area (Å²) in [7, 11) is 0. The number of rotatable bonds is 13. The topological polar surface area (TPSA) is 132 Å². The van der Waals surface area contributed by atoms with Crippen molar-refractivity contribution < 1.29 is 14.7 Å². The number of hydrogen-bond acceptors (Lipinski definition) is 8. The first kappa shape index (κ1) is 26.3. The van der Waals surface area contributed by atoms with Gasteiger partial charge in [0.25, 0.3) is 0 Å². The second-order valence-corrected chi connectivity index (χ2v) is 9.37. The van der Waals surface area contributed by atoms with Crippen LogP contribution in [-0.4, -0.2) is 69.2 Å². The molecule has 1 aliphatic heterocycles. The van der Waals surface area contributed by atoms with Crippen LogP contribution in [0, 0.1) is 0 Å². The number of unbranched alkanes of at least 4 members (excludes halogenated alkanes) is 1. The maximum atomic E-state index is 12.0. The van der Waals surface area contributed by atoms with E-state index >= 15 is 0 Å². The molecular weight excluding hydrogens is 470 g/mol. The highest BCUT2D eigenvalue weighted by Crippen LogP contribution is 2.20. The molecule has 3 heterocycles. The van der Waals surface area contributed by atoms with Gasteiger partial charge in [-0.1, -0.05) is 18.2 Å². The number of carboxylic acids is 1. The first-order chi connectivity index (χ1) is 18.0. The van der Waals surface area contributed by atoms with Gasteiger partial charge in [0.05, 0.1) is 23.9 Å². The number of aliphatic carboxylic acids is 1. The summed E-state index contributed by atoms with van der Waals surface area (Å²) in [6.45, 7) is 4.07. The standard InChI is InChI=1S/C27H35N7O3/c1-19(35)30-18-34(15-5-4-8-21-12-11-20-7-6-14-28-26(20)31-21)16-13-24(27(36)37)33-25-17-29-22-9-2-3-10-23(22)32-25/h2-3,9-12,17,24H,4-8,13-16,18H2,1H3,(H,28,31)(H,30,35)(H,32,33)(H,36,37).